The molecule has 0 bridgehead atoms. The summed E-state index contributed by atoms with van der Waals surface area (Å²) < 4.78 is 57.1. The number of halogens is 3. The van der Waals surface area contributed by atoms with Crippen LogP contribution >= 0.6 is 0 Å². The molecule has 0 atom stereocenters. The van der Waals surface area contributed by atoms with E-state index in [2.05, 4.69) is 21.7 Å². The number of alkyl halides is 3. The molecule has 0 unspecified atom stereocenters. The van der Waals surface area contributed by atoms with E-state index in [0.29, 0.717) is 29.2 Å². The fraction of sp³-hybridized carbons (Fsp3) is 0.188. The first kappa shape index (κ1) is 29.0. The number of hydrogen-bond donors (Lipinski definition) is 0. The zero-order chi connectivity index (χ0) is 29.2. The Bertz CT molecular complexity index is 1550. The topological polar surface area (TPSA) is 62.6 Å². The normalized spacial score (nSPS) is 11.4. The van der Waals surface area contributed by atoms with Gasteiger partial charge in [-0.3, -0.25) is 4.68 Å². The van der Waals surface area contributed by atoms with Crippen molar-refractivity contribution in [1.82, 2.24) is 9.78 Å². The van der Waals surface area contributed by atoms with Gasteiger partial charge in [-0.1, -0.05) is 36.1 Å². The predicted octanol–water partition coefficient (Wildman–Crippen LogP) is 6.32. The molecule has 41 heavy (non-hydrogen) atoms. The number of carbonyl (C=O) groups excluding carboxylic acids is 1. The maximum absolute atomic E-state index is 13.2. The van der Waals surface area contributed by atoms with Crippen LogP contribution in [0.4, 0.5) is 13.2 Å². The van der Waals surface area contributed by atoms with Gasteiger partial charge in [0.05, 0.1) is 12.7 Å². The van der Waals surface area contributed by atoms with Crippen LogP contribution in [0, 0.1) is 18.8 Å². The number of rotatable bonds is 9. The fourth-order valence-electron chi connectivity index (χ4n) is 3.88. The number of nitrogens with zero attached hydrogens (tertiary/aromatic N) is 2. The minimum atomic E-state index is -4.42. The van der Waals surface area contributed by atoms with Crippen molar-refractivity contribution < 1.29 is 32.2 Å². The van der Waals surface area contributed by atoms with E-state index in [-0.39, 0.29) is 13.2 Å². The summed E-state index contributed by atoms with van der Waals surface area (Å²) in [5.41, 5.74) is 2.97. The molecule has 0 saturated heterocycles. The van der Waals surface area contributed by atoms with Gasteiger partial charge in [-0.2, -0.15) is 18.3 Å². The predicted molar refractivity (Wildman–Crippen MR) is 148 cm³/mol. The van der Waals surface area contributed by atoms with E-state index in [9.17, 15) is 18.0 Å². The molecule has 9 heteroatoms. The van der Waals surface area contributed by atoms with Crippen molar-refractivity contribution >= 4 is 11.5 Å². The summed E-state index contributed by atoms with van der Waals surface area (Å²) in [5.74, 6) is 6.76. The molecule has 0 N–H and O–H groups in total. The van der Waals surface area contributed by atoms with Gasteiger partial charge in [-0.05, 0) is 83.8 Å². The van der Waals surface area contributed by atoms with Gasteiger partial charge < -0.3 is 14.2 Å². The Morgan fingerprint density at radius 3 is 2.32 bits per heavy atom. The lowest BCUT2D eigenvalue weighted by molar-refractivity contribution is -0.143. The first-order valence-electron chi connectivity index (χ1n) is 12.6. The second-order valence-corrected chi connectivity index (χ2v) is 8.88. The van der Waals surface area contributed by atoms with Crippen LogP contribution in [0.2, 0.25) is 0 Å². The van der Waals surface area contributed by atoms with Crippen molar-refractivity contribution in [1.29, 1.82) is 0 Å². The number of benzene rings is 3. The summed E-state index contributed by atoms with van der Waals surface area (Å²) in [6.07, 6.45) is 0.911. The third kappa shape index (κ3) is 8.26. The third-order valence-electron chi connectivity index (χ3n) is 6.01. The van der Waals surface area contributed by atoms with Crippen LogP contribution in [0.3, 0.4) is 0 Å². The molecule has 0 spiro atoms. The zero-order valence-corrected chi connectivity index (χ0v) is 22.4. The third-order valence-corrected chi connectivity index (χ3v) is 6.01. The Hall–Kier alpha value is -4.97. The minimum Gasteiger partial charge on any atom is -0.489 e. The number of ether oxygens (including phenoxy) is 3. The van der Waals surface area contributed by atoms with Crippen LogP contribution in [0.25, 0.3) is 5.57 Å². The number of carbonyl (C=O) groups is 1. The van der Waals surface area contributed by atoms with Crippen molar-refractivity contribution in [3.63, 3.8) is 0 Å². The SMILES string of the molecule is COC(=O)COc1ccc(OC/C=C(\c2ccc(C#CCn3cccn3)cc2)c2ccc(C(F)(F)F)cc2)cc1C. The van der Waals surface area contributed by atoms with Gasteiger partial charge in [0.1, 0.15) is 24.7 Å². The van der Waals surface area contributed by atoms with E-state index in [1.807, 2.05) is 49.5 Å². The Labute approximate surface area is 236 Å². The van der Waals surface area contributed by atoms with Gasteiger partial charge in [0.25, 0.3) is 0 Å². The van der Waals surface area contributed by atoms with E-state index in [1.165, 1.54) is 19.2 Å². The molecule has 0 radical (unpaired) electrons. The molecular formula is C32H27F3N2O4. The van der Waals surface area contributed by atoms with Crippen LogP contribution in [-0.4, -0.2) is 36.1 Å². The van der Waals surface area contributed by atoms with Gasteiger partial charge in [0.15, 0.2) is 6.61 Å². The molecule has 1 heterocycles. The van der Waals surface area contributed by atoms with Crippen LogP contribution in [0.1, 0.15) is 27.8 Å². The number of aromatic nitrogens is 2. The highest BCUT2D eigenvalue weighted by Crippen LogP contribution is 2.32. The minimum absolute atomic E-state index is 0.156. The van der Waals surface area contributed by atoms with Gasteiger partial charge >= 0.3 is 12.1 Å². The molecule has 1 aromatic heterocycles. The maximum Gasteiger partial charge on any atom is 0.416 e. The van der Waals surface area contributed by atoms with E-state index in [4.69, 9.17) is 9.47 Å². The Kier molecular flexibility index (Phi) is 9.48. The average molecular weight is 561 g/mol. The van der Waals surface area contributed by atoms with Gasteiger partial charge in [0, 0.05) is 18.0 Å². The van der Waals surface area contributed by atoms with Crippen LogP contribution in [0.5, 0.6) is 11.5 Å². The lowest BCUT2D eigenvalue weighted by atomic mass is 9.96. The summed E-state index contributed by atoms with van der Waals surface area (Å²) in [6.45, 7) is 2.23. The number of aryl methyl sites for hydroxylation is 1. The molecule has 0 amide bonds. The molecule has 0 fully saturated rings. The van der Waals surface area contributed by atoms with Gasteiger partial charge in [0.2, 0.25) is 0 Å². The molecule has 0 aliphatic rings. The molecule has 0 aliphatic heterocycles. The molecule has 3 aromatic carbocycles. The molecule has 210 valence electrons. The van der Waals surface area contributed by atoms with Crippen molar-refractivity contribution in [2.45, 2.75) is 19.6 Å². The van der Waals surface area contributed by atoms with Crippen molar-refractivity contribution in [3.8, 4) is 23.3 Å². The van der Waals surface area contributed by atoms with Crippen molar-refractivity contribution in [2.75, 3.05) is 20.3 Å². The quantitative estimate of drug-likeness (QED) is 0.177. The molecule has 0 saturated carbocycles. The Morgan fingerprint density at radius 2 is 1.71 bits per heavy atom. The summed E-state index contributed by atoms with van der Waals surface area (Å²) in [6, 6.07) is 19.5. The monoisotopic (exact) mass is 560 g/mol. The standard InChI is InChI=1S/C32H27F3N2O4/c1-23-21-28(14-15-30(23)41-22-31(38)39-2)40-20-16-29(26-10-12-27(13-11-26)32(33,34)35)25-8-6-24(7-9-25)5-3-18-37-19-4-17-36-37/h4,6-17,19,21H,18,20,22H2,1-2H3/b29-16+. The number of esters is 1. The van der Waals surface area contributed by atoms with Crippen LogP contribution < -0.4 is 9.47 Å². The highest BCUT2D eigenvalue weighted by Gasteiger charge is 2.30. The molecule has 4 rings (SSSR count). The summed E-state index contributed by atoms with van der Waals surface area (Å²) >= 11 is 0. The summed E-state index contributed by atoms with van der Waals surface area (Å²) in [7, 11) is 1.29. The Morgan fingerprint density at radius 1 is 1.00 bits per heavy atom. The van der Waals surface area contributed by atoms with Crippen LogP contribution in [0.15, 0.2) is 91.3 Å². The van der Waals surface area contributed by atoms with E-state index >= 15 is 0 Å². The lowest BCUT2D eigenvalue weighted by Crippen LogP contribution is -2.13. The Balaban J connectivity index is 1.52. The molecule has 6 nitrogen and oxygen atoms in total. The maximum atomic E-state index is 13.2. The van der Waals surface area contributed by atoms with Gasteiger partial charge in [-0.25, -0.2) is 4.79 Å². The van der Waals surface area contributed by atoms with E-state index in [0.717, 1.165) is 28.8 Å². The zero-order valence-electron chi connectivity index (χ0n) is 22.4. The van der Waals surface area contributed by atoms with Crippen molar-refractivity contribution in [2.24, 2.45) is 0 Å². The summed E-state index contributed by atoms with van der Waals surface area (Å²) in [4.78, 5) is 11.3. The second kappa shape index (κ2) is 13.4. The highest BCUT2D eigenvalue weighted by atomic mass is 19.4. The number of hydrogen-bond acceptors (Lipinski definition) is 5. The second-order valence-electron chi connectivity index (χ2n) is 8.88. The summed E-state index contributed by atoms with van der Waals surface area (Å²) in [5, 5.41) is 4.12. The fourth-order valence-corrected chi connectivity index (χ4v) is 3.88. The first-order chi connectivity index (χ1) is 19.7. The van der Waals surface area contributed by atoms with E-state index in [1.54, 1.807) is 29.1 Å². The largest absolute Gasteiger partial charge is 0.489 e. The van der Waals surface area contributed by atoms with Crippen LogP contribution in [-0.2, 0) is 22.3 Å². The molecule has 4 aromatic rings. The lowest BCUT2D eigenvalue weighted by Gasteiger charge is -2.13. The highest BCUT2D eigenvalue weighted by molar-refractivity contribution is 5.80. The molecule has 0 aliphatic carbocycles. The average Bonchev–Trinajstić information content (AvgIpc) is 3.48. The first-order valence-corrected chi connectivity index (χ1v) is 12.6. The van der Waals surface area contributed by atoms with Gasteiger partial charge in [-0.15, -0.1) is 0 Å². The van der Waals surface area contributed by atoms with E-state index < -0.39 is 17.7 Å². The number of methoxy groups -OCH3 is 1. The smallest absolute Gasteiger partial charge is 0.416 e. The molecular weight excluding hydrogens is 533 g/mol. The van der Waals surface area contributed by atoms with Crippen molar-refractivity contribution in [3.05, 3.63) is 119 Å².